The molecule has 2 aliphatic rings. The number of likely N-dealkylation sites (tertiary alicyclic amines) is 1. The van der Waals surface area contributed by atoms with Crippen molar-refractivity contribution < 1.29 is 14.0 Å². The largest absolute Gasteiger partial charge is 0.341 e. The highest BCUT2D eigenvalue weighted by Gasteiger charge is 2.37. The number of carbonyl (C=O) groups is 2. The first-order chi connectivity index (χ1) is 11.1. The van der Waals surface area contributed by atoms with Crippen molar-refractivity contribution in [3.63, 3.8) is 0 Å². The molecule has 6 nitrogen and oxygen atoms in total. The Morgan fingerprint density at radius 2 is 1.91 bits per heavy atom. The van der Waals surface area contributed by atoms with Gasteiger partial charge in [-0.2, -0.15) is 5.26 Å². The van der Waals surface area contributed by atoms with Gasteiger partial charge in [-0.15, -0.1) is 0 Å². The molecule has 0 bridgehead atoms. The van der Waals surface area contributed by atoms with Gasteiger partial charge in [0.2, 0.25) is 5.91 Å². The van der Waals surface area contributed by atoms with E-state index in [1.54, 1.807) is 4.90 Å². The molecule has 7 heteroatoms. The average molecular weight is 316 g/mol. The van der Waals surface area contributed by atoms with E-state index in [1.807, 2.05) is 0 Å². The van der Waals surface area contributed by atoms with Crippen LogP contribution in [0, 0.1) is 23.1 Å². The summed E-state index contributed by atoms with van der Waals surface area (Å²) in [5.41, 5.74) is 0.558. The number of nitriles is 1. The van der Waals surface area contributed by atoms with Gasteiger partial charge in [0, 0.05) is 24.7 Å². The van der Waals surface area contributed by atoms with Crippen LogP contribution in [0.3, 0.4) is 0 Å². The Balaban J connectivity index is 1.64. The Morgan fingerprint density at radius 3 is 2.52 bits per heavy atom. The Bertz CT molecular complexity index is 647. The molecule has 0 saturated carbocycles. The van der Waals surface area contributed by atoms with Crippen molar-refractivity contribution in [2.75, 3.05) is 24.5 Å². The third-order valence-corrected chi connectivity index (χ3v) is 4.33. The molecular weight excluding hydrogens is 299 g/mol. The third-order valence-electron chi connectivity index (χ3n) is 4.33. The number of hydrogen-bond acceptors (Lipinski definition) is 3. The number of anilines is 1. The second-order valence-corrected chi connectivity index (χ2v) is 5.82. The number of nitrogens with one attached hydrogen (secondary N) is 1. The van der Waals surface area contributed by atoms with Crippen LogP contribution in [-0.2, 0) is 4.79 Å². The number of piperidine rings is 1. The van der Waals surface area contributed by atoms with Gasteiger partial charge in [0.1, 0.15) is 11.9 Å². The quantitative estimate of drug-likeness (QED) is 0.898. The zero-order chi connectivity index (χ0) is 16.4. The highest BCUT2D eigenvalue weighted by atomic mass is 19.1. The fourth-order valence-electron chi connectivity index (χ4n) is 2.97. The van der Waals surface area contributed by atoms with Crippen LogP contribution < -0.4 is 10.2 Å². The lowest BCUT2D eigenvalue weighted by atomic mass is 9.98. The number of amides is 3. The van der Waals surface area contributed by atoms with Crippen LogP contribution in [0.1, 0.15) is 12.8 Å². The van der Waals surface area contributed by atoms with Gasteiger partial charge in [0.05, 0.1) is 12.6 Å². The maximum absolute atomic E-state index is 13.0. The highest BCUT2D eigenvalue weighted by Crippen LogP contribution is 2.21. The van der Waals surface area contributed by atoms with E-state index in [9.17, 15) is 14.0 Å². The zero-order valence-electron chi connectivity index (χ0n) is 12.5. The smallest absolute Gasteiger partial charge is 0.322 e. The zero-order valence-corrected chi connectivity index (χ0v) is 12.5. The second kappa shape index (κ2) is 6.24. The fourth-order valence-corrected chi connectivity index (χ4v) is 2.97. The molecule has 3 amide bonds. The first kappa shape index (κ1) is 15.3. The Morgan fingerprint density at radius 1 is 1.26 bits per heavy atom. The van der Waals surface area contributed by atoms with E-state index in [4.69, 9.17) is 5.26 Å². The molecule has 2 heterocycles. The van der Waals surface area contributed by atoms with Crippen molar-refractivity contribution in [1.82, 2.24) is 10.2 Å². The molecule has 0 aromatic heterocycles. The molecule has 1 N–H and O–H groups in total. The van der Waals surface area contributed by atoms with Crippen LogP contribution in [0.2, 0.25) is 0 Å². The molecule has 1 aromatic carbocycles. The molecule has 0 aliphatic carbocycles. The van der Waals surface area contributed by atoms with Gasteiger partial charge in [-0.25, -0.2) is 9.18 Å². The monoisotopic (exact) mass is 316 g/mol. The number of nitrogens with zero attached hydrogens (tertiary/aromatic N) is 3. The van der Waals surface area contributed by atoms with E-state index in [0.717, 1.165) is 0 Å². The van der Waals surface area contributed by atoms with E-state index in [1.165, 1.54) is 29.2 Å². The van der Waals surface area contributed by atoms with Gasteiger partial charge in [0.25, 0.3) is 0 Å². The summed E-state index contributed by atoms with van der Waals surface area (Å²) < 4.78 is 13.0. The number of urea groups is 1. The van der Waals surface area contributed by atoms with Crippen molar-refractivity contribution in [2.45, 2.75) is 18.9 Å². The molecule has 120 valence electrons. The fraction of sp³-hybridized carbons (Fsp3) is 0.438. The van der Waals surface area contributed by atoms with Gasteiger partial charge >= 0.3 is 6.03 Å². The van der Waals surface area contributed by atoms with E-state index in [-0.39, 0.29) is 30.2 Å². The predicted octanol–water partition coefficient (Wildman–Crippen LogP) is 1.49. The molecule has 2 aliphatic heterocycles. The Hall–Kier alpha value is -2.62. The van der Waals surface area contributed by atoms with E-state index in [2.05, 4.69) is 11.4 Å². The summed E-state index contributed by atoms with van der Waals surface area (Å²) in [6.07, 6.45) is 1.34. The van der Waals surface area contributed by atoms with E-state index >= 15 is 0 Å². The minimum Gasteiger partial charge on any atom is -0.341 e. The standard InChI is InChI=1S/C16H17FN4O2/c17-12-1-3-13(4-2-12)21-10-14(19-16(21)23)15(22)20-7-5-11(9-18)6-8-20/h1-4,11,14H,5-8,10H2,(H,19,23). The molecule has 0 spiro atoms. The minimum absolute atomic E-state index is 0.00735. The first-order valence-corrected chi connectivity index (χ1v) is 7.60. The summed E-state index contributed by atoms with van der Waals surface area (Å²) in [5, 5.41) is 11.6. The summed E-state index contributed by atoms with van der Waals surface area (Å²) in [6, 6.07) is 6.85. The van der Waals surface area contributed by atoms with Crippen LogP contribution >= 0.6 is 0 Å². The predicted molar refractivity (Wildman–Crippen MR) is 81.0 cm³/mol. The maximum Gasteiger partial charge on any atom is 0.322 e. The average Bonchev–Trinajstić information content (AvgIpc) is 2.97. The van der Waals surface area contributed by atoms with Gasteiger partial charge in [-0.1, -0.05) is 0 Å². The molecule has 2 saturated heterocycles. The number of benzene rings is 1. The molecule has 23 heavy (non-hydrogen) atoms. The van der Waals surface area contributed by atoms with Crippen LogP contribution in [0.5, 0.6) is 0 Å². The Labute approximate surface area is 133 Å². The summed E-state index contributed by atoms with van der Waals surface area (Å²) in [6.45, 7) is 1.31. The second-order valence-electron chi connectivity index (χ2n) is 5.82. The SMILES string of the molecule is N#CC1CCN(C(=O)C2CN(c3ccc(F)cc3)C(=O)N2)CC1. The van der Waals surface area contributed by atoms with Crippen molar-refractivity contribution in [1.29, 1.82) is 5.26 Å². The molecule has 1 aromatic rings. The summed E-state index contributed by atoms with van der Waals surface area (Å²) in [5.74, 6) is -0.492. The first-order valence-electron chi connectivity index (χ1n) is 7.60. The third kappa shape index (κ3) is 3.11. The maximum atomic E-state index is 13.0. The van der Waals surface area contributed by atoms with E-state index < -0.39 is 6.04 Å². The molecule has 2 fully saturated rings. The van der Waals surface area contributed by atoms with Crippen LogP contribution in [0.15, 0.2) is 24.3 Å². The molecule has 1 unspecified atom stereocenters. The van der Waals surface area contributed by atoms with Crippen molar-refractivity contribution in [3.8, 4) is 6.07 Å². The van der Waals surface area contributed by atoms with Gasteiger partial charge in [-0.3, -0.25) is 9.69 Å². The topological polar surface area (TPSA) is 76.4 Å². The van der Waals surface area contributed by atoms with E-state index in [0.29, 0.717) is 31.6 Å². The number of rotatable bonds is 2. The summed E-state index contributed by atoms with van der Waals surface area (Å²) in [4.78, 5) is 27.7. The summed E-state index contributed by atoms with van der Waals surface area (Å²) >= 11 is 0. The lowest BCUT2D eigenvalue weighted by Gasteiger charge is -2.30. The Kier molecular flexibility index (Phi) is 4.15. The minimum atomic E-state index is -0.605. The van der Waals surface area contributed by atoms with Crippen molar-refractivity contribution >= 4 is 17.6 Å². The number of halogens is 1. The van der Waals surface area contributed by atoms with Gasteiger partial charge < -0.3 is 10.2 Å². The molecule has 3 rings (SSSR count). The highest BCUT2D eigenvalue weighted by molar-refractivity contribution is 6.00. The van der Waals surface area contributed by atoms with Gasteiger partial charge in [-0.05, 0) is 37.1 Å². The van der Waals surface area contributed by atoms with Gasteiger partial charge in [0.15, 0.2) is 0 Å². The number of carbonyl (C=O) groups excluding carboxylic acids is 2. The lowest BCUT2D eigenvalue weighted by molar-refractivity contribution is -0.133. The normalized spacial score (nSPS) is 21.9. The molecule has 0 radical (unpaired) electrons. The lowest BCUT2D eigenvalue weighted by Crippen LogP contribution is -2.48. The van der Waals surface area contributed by atoms with Crippen molar-refractivity contribution in [2.24, 2.45) is 5.92 Å². The van der Waals surface area contributed by atoms with Crippen LogP contribution in [0.25, 0.3) is 0 Å². The summed E-state index contributed by atoms with van der Waals surface area (Å²) in [7, 11) is 0. The van der Waals surface area contributed by atoms with Crippen LogP contribution in [-0.4, -0.2) is 42.5 Å². The van der Waals surface area contributed by atoms with Crippen LogP contribution in [0.4, 0.5) is 14.9 Å². The number of hydrogen-bond donors (Lipinski definition) is 1. The molecule has 1 atom stereocenters. The van der Waals surface area contributed by atoms with Crippen molar-refractivity contribution in [3.05, 3.63) is 30.1 Å². The molecular formula is C16H17FN4O2.